The lowest BCUT2D eigenvalue weighted by atomic mass is 9.78. The molecule has 2 nitrogen and oxygen atoms in total. The first kappa shape index (κ1) is 14.2. The van der Waals surface area contributed by atoms with Gasteiger partial charge < -0.3 is 11.1 Å². The second kappa shape index (κ2) is 5.85. The Morgan fingerprint density at radius 3 is 2.53 bits per heavy atom. The molecule has 0 spiro atoms. The van der Waals surface area contributed by atoms with E-state index in [0.717, 1.165) is 23.8 Å². The minimum Gasteiger partial charge on any atom is -0.397 e. The second-order valence-corrected chi connectivity index (χ2v) is 6.70. The van der Waals surface area contributed by atoms with Crippen molar-refractivity contribution in [3.8, 4) is 0 Å². The first-order valence-corrected chi connectivity index (χ1v) is 7.61. The van der Waals surface area contributed by atoms with E-state index < -0.39 is 0 Å². The molecule has 2 rings (SSSR count). The quantitative estimate of drug-likeness (QED) is 0.760. The summed E-state index contributed by atoms with van der Waals surface area (Å²) in [5, 5.41) is 3.64. The van der Waals surface area contributed by atoms with Gasteiger partial charge in [0.2, 0.25) is 0 Å². The molecule has 0 aliphatic heterocycles. The van der Waals surface area contributed by atoms with Crippen molar-refractivity contribution in [1.29, 1.82) is 0 Å². The van der Waals surface area contributed by atoms with Crippen LogP contribution in [-0.2, 0) is 0 Å². The normalized spacial score (nSPS) is 17.9. The molecule has 106 valence electrons. The van der Waals surface area contributed by atoms with Crippen LogP contribution < -0.4 is 11.1 Å². The highest BCUT2D eigenvalue weighted by molar-refractivity contribution is 5.69. The lowest BCUT2D eigenvalue weighted by Crippen LogP contribution is -2.29. The third kappa shape index (κ3) is 3.43. The minimum absolute atomic E-state index is 0.489. The Bertz CT molecular complexity index is 397. The average Bonchev–Trinajstić information content (AvgIpc) is 2.76. The second-order valence-electron chi connectivity index (χ2n) is 6.70. The fraction of sp³-hybridized carbons (Fsp3) is 0.647. The molecule has 19 heavy (non-hydrogen) atoms. The Kier molecular flexibility index (Phi) is 4.38. The molecule has 2 heteroatoms. The van der Waals surface area contributed by atoms with Gasteiger partial charge in [-0.25, -0.2) is 0 Å². The third-order valence-corrected chi connectivity index (χ3v) is 4.45. The van der Waals surface area contributed by atoms with Crippen molar-refractivity contribution >= 4 is 11.4 Å². The summed E-state index contributed by atoms with van der Waals surface area (Å²) in [6, 6.07) is 6.14. The van der Waals surface area contributed by atoms with Crippen molar-refractivity contribution in [2.45, 2.75) is 52.9 Å². The van der Waals surface area contributed by atoms with Crippen LogP contribution in [0.3, 0.4) is 0 Å². The van der Waals surface area contributed by atoms with Crippen LogP contribution in [0.5, 0.6) is 0 Å². The van der Waals surface area contributed by atoms with E-state index >= 15 is 0 Å². The SMILES string of the molecule is Cc1cccc(N)c1NCC1(CC(C)C)CCCC1. The van der Waals surface area contributed by atoms with E-state index in [-0.39, 0.29) is 0 Å². The molecule has 1 saturated carbocycles. The standard InChI is InChI=1S/C17H28N2/c1-13(2)11-17(9-4-5-10-17)12-19-16-14(3)7-6-8-15(16)18/h6-8,13,19H,4-5,9-12,18H2,1-3H3. The van der Waals surface area contributed by atoms with Gasteiger partial charge in [-0.3, -0.25) is 0 Å². The van der Waals surface area contributed by atoms with Gasteiger partial charge in [0, 0.05) is 6.54 Å². The van der Waals surface area contributed by atoms with E-state index in [1.807, 2.05) is 12.1 Å². The van der Waals surface area contributed by atoms with Gasteiger partial charge in [-0.15, -0.1) is 0 Å². The molecule has 0 bridgehead atoms. The number of rotatable bonds is 5. The van der Waals surface area contributed by atoms with Gasteiger partial charge >= 0.3 is 0 Å². The van der Waals surface area contributed by atoms with Crippen LogP contribution in [0.15, 0.2) is 18.2 Å². The molecular weight excluding hydrogens is 232 g/mol. The van der Waals surface area contributed by atoms with Crippen molar-refractivity contribution in [2.24, 2.45) is 11.3 Å². The Morgan fingerprint density at radius 2 is 1.95 bits per heavy atom. The first-order valence-electron chi connectivity index (χ1n) is 7.61. The molecule has 0 amide bonds. The molecule has 0 radical (unpaired) electrons. The van der Waals surface area contributed by atoms with E-state index in [1.165, 1.54) is 37.7 Å². The maximum absolute atomic E-state index is 6.09. The molecule has 1 fully saturated rings. The fourth-order valence-corrected chi connectivity index (χ4v) is 3.65. The fourth-order valence-electron chi connectivity index (χ4n) is 3.65. The first-order chi connectivity index (χ1) is 9.02. The topological polar surface area (TPSA) is 38.0 Å². The van der Waals surface area contributed by atoms with Gasteiger partial charge in [-0.2, -0.15) is 0 Å². The summed E-state index contributed by atoms with van der Waals surface area (Å²) in [5.41, 5.74) is 9.83. The summed E-state index contributed by atoms with van der Waals surface area (Å²) in [6.07, 6.45) is 6.83. The largest absolute Gasteiger partial charge is 0.397 e. The van der Waals surface area contributed by atoms with Crippen LogP contribution in [0.1, 0.15) is 51.5 Å². The van der Waals surface area contributed by atoms with Crippen LogP contribution >= 0.6 is 0 Å². The Morgan fingerprint density at radius 1 is 1.26 bits per heavy atom. The van der Waals surface area contributed by atoms with Crippen LogP contribution in [0.25, 0.3) is 0 Å². The van der Waals surface area contributed by atoms with Gasteiger partial charge in [-0.1, -0.05) is 38.8 Å². The van der Waals surface area contributed by atoms with Crippen LogP contribution in [0.2, 0.25) is 0 Å². The summed E-state index contributed by atoms with van der Waals surface area (Å²) in [5.74, 6) is 0.772. The molecule has 0 heterocycles. The zero-order valence-corrected chi connectivity index (χ0v) is 12.6. The lowest BCUT2D eigenvalue weighted by molar-refractivity contribution is 0.252. The molecular formula is C17H28N2. The zero-order valence-electron chi connectivity index (χ0n) is 12.6. The number of nitrogen functional groups attached to an aromatic ring is 1. The van der Waals surface area contributed by atoms with Gasteiger partial charge in [-0.05, 0) is 49.1 Å². The number of nitrogens with one attached hydrogen (secondary N) is 1. The van der Waals surface area contributed by atoms with Crippen molar-refractivity contribution in [3.63, 3.8) is 0 Å². The summed E-state index contributed by atoms with van der Waals surface area (Å²) >= 11 is 0. The molecule has 0 unspecified atom stereocenters. The number of anilines is 2. The molecule has 0 aromatic heterocycles. The Hall–Kier alpha value is -1.18. The predicted octanol–water partition coefficient (Wildman–Crippen LogP) is 4.60. The lowest BCUT2D eigenvalue weighted by Gasteiger charge is -2.32. The summed E-state index contributed by atoms with van der Waals surface area (Å²) in [4.78, 5) is 0. The third-order valence-electron chi connectivity index (χ3n) is 4.45. The van der Waals surface area contributed by atoms with E-state index in [2.05, 4.69) is 32.2 Å². The molecule has 1 aromatic carbocycles. The highest BCUT2D eigenvalue weighted by atomic mass is 14.9. The van der Waals surface area contributed by atoms with Crippen molar-refractivity contribution in [1.82, 2.24) is 0 Å². The monoisotopic (exact) mass is 260 g/mol. The van der Waals surface area contributed by atoms with E-state index in [9.17, 15) is 0 Å². The van der Waals surface area contributed by atoms with Crippen LogP contribution in [0.4, 0.5) is 11.4 Å². The van der Waals surface area contributed by atoms with E-state index in [1.54, 1.807) is 0 Å². The molecule has 3 N–H and O–H groups in total. The number of benzene rings is 1. The van der Waals surface area contributed by atoms with Crippen molar-refractivity contribution in [3.05, 3.63) is 23.8 Å². The zero-order chi connectivity index (χ0) is 13.9. The van der Waals surface area contributed by atoms with Crippen LogP contribution in [-0.4, -0.2) is 6.54 Å². The smallest absolute Gasteiger partial charge is 0.0603 e. The number of nitrogens with two attached hydrogens (primary N) is 1. The van der Waals surface area contributed by atoms with Crippen LogP contribution in [0, 0.1) is 18.3 Å². The molecule has 0 atom stereocenters. The highest BCUT2D eigenvalue weighted by Crippen LogP contribution is 2.43. The number of aryl methyl sites for hydroxylation is 1. The summed E-state index contributed by atoms with van der Waals surface area (Å²) in [7, 11) is 0. The van der Waals surface area contributed by atoms with Crippen molar-refractivity contribution < 1.29 is 0 Å². The minimum atomic E-state index is 0.489. The maximum atomic E-state index is 6.09. The van der Waals surface area contributed by atoms with Gasteiger partial charge in [0.15, 0.2) is 0 Å². The van der Waals surface area contributed by atoms with Gasteiger partial charge in [0.05, 0.1) is 11.4 Å². The Labute approximate surface area is 117 Å². The number of hydrogen-bond donors (Lipinski definition) is 2. The average molecular weight is 260 g/mol. The molecule has 1 aliphatic rings. The van der Waals surface area contributed by atoms with E-state index in [0.29, 0.717) is 5.41 Å². The number of hydrogen-bond acceptors (Lipinski definition) is 2. The Balaban J connectivity index is 2.07. The predicted molar refractivity (Wildman–Crippen MR) is 84.4 cm³/mol. The number of para-hydroxylation sites is 1. The molecule has 1 aliphatic carbocycles. The summed E-state index contributed by atoms with van der Waals surface area (Å²) in [6.45, 7) is 7.87. The molecule has 0 saturated heterocycles. The van der Waals surface area contributed by atoms with Crippen molar-refractivity contribution in [2.75, 3.05) is 17.6 Å². The maximum Gasteiger partial charge on any atom is 0.0603 e. The van der Waals surface area contributed by atoms with Gasteiger partial charge in [0.25, 0.3) is 0 Å². The van der Waals surface area contributed by atoms with Gasteiger partial charge in [0.1, 0.15) is 0 Å². The highest BCUT2D eigenvalue weighted by Gasteiger charge is 2.34. The molecule has 1 aromatic rings. The summed E-state index contributed by atoms with van der Waals surface area (Å²) < 4.78 is 0. The van der Waals surface area contributed by atoms with E-state index in [4.69, 9.17) is 5.73 Å².